The molecule has 160 valence electrons. The molecule has 0 bridgehead atoms. The first kappa shape index (κ1) is 21.7. The first-order valence-corrected chi connectivity index (χ1v) is 10.2. The van der Waals surface area contributed by atoms with Gasteiger partial charge in [0.1, 0.15) is 22.3 Å². The largest absolute Gasteiger partial charge is 0.438 e. The van der Waals surface area contributed by atoms with Crippen LogP contribution >= 0.6 is 0 Å². The van der Waals surface area contributed by atoms with Crippen molar-refractivity contribution in [2.75, 3.05) is 7.05 Å². The maximum atomic E-state index is 11.7. The van der Waals surface area contributed by atoms with Crippen molar-refractivity contribution in [2.24, 2.45) is 5.92 Å². The van der Waals surface area contributed by atoms with Gasteiger partial charge in [0.15, 0.2) is 0 Å². The molecule has 1 aliphatic carbocycles. The van der Waals surface area contributed by atoms with Crippen molar-refractivity contribution in [3.05, 3.63) is 42.1 Å². The lowest BCUT2D eigenvalue weighted by atomic mass is 9.79. The first-order valence-electron chi connectivity index (χ1n) is 10.2. The van der Waals surface area contributed by atoms with E-state index in [4.69, 9.17) is 4.74 Å². The minimum absolute atomic E-state index is 0.225. The van der Waals surface area contributed by atoms with Crippen molar-refractivity contribution in [3.8, 4) is 11.6 Å². The lowest BCUT2D eigenvalue weighted by Gasteiger charge is -2.32. The van der Waals surface area contributed by atoms with Crippen LogP contribution < -0.4 is 10.1 Å². The molecule has 2 aromatic heterocycles. The summed E-state index contributed by atoms with van der Waals surface area (Å²) in [5.41, 5.74) is 1.12. The summed E-state index contributed by atoms with van der Waals surface area (Å²) in [6.45, 7) is 3.87. The van der Waals surface area contributed by atoms with Gasteiger partial charge in [-0.25, -0.2) is 9.61 Å². The summed E-state index contributed by atoms with van der Waals surface area (Å²) in [5.74, 6) is 1.01. The van der Waals surface area contributed by atoms with Gasteiger partial charge in [-0.2, -0.15) is 0 Å². The van der Waals surface area contributed by atoms with Gasteiger partial charge in [-0.15, -0.1) is 0 Å². The highest BCUT2D eigenvalue weighted by Gasteiger charge is 2.27. The number of aromatic nitrogens is 3. The normalized spacial score (nSPS) is 14.7. The smallest absolute Gasteiger partial charge is 0.256 e. The van der Waals surface area contributed by atoms with Gasteiger partial charge in [-0.3, -0.25) is 4.79 Å². The van der Waals surface area contributed by atoms with Crippen LogP contribution in [-0.2, 0) is 0 Å². The number of carbonyl (C=O) groups is 1. The Morgan fingerprint density at radius 3 is 2.57 bits per heavy atom. The monoisotopic (exact) mass is 412 g/mol. The average Bonchev–Trinajstić information content (AvgIpc) is 3.22. The van der Waals surface area contributed by atoms with Crippen LogP contribution in [0, 0.1) is 5.92 Å². The molecule has 0 aliphatic heterocycles. The molecule has 1 aromatic carbocycles. The van der Waals surface area contributed by atoms with Crippen molar-refractivity contribution in [2.45, 2.75) is 51.6 Å². The van der Waals surface area contributed by atoms with Gasteiger partial charge < -0.3 is 15.2 Å². The summed E-state index contributed by atoms with van der Waals surface area (Å²) >= 11 is 0. The topological polar surface area (TPSA) is 110 Å². The number of aliphatic hydroxyl groups is 1. The molecule has 0 atom stereocenters. The van der Waals surface area contributed by atoms with E-state index in [-0.39, 0.29) is 11.8 Å². The van der Waals surface area contributed by atoms with E-state index in [1.54, 1.807) is 43.6 Å². The maximum Gasteiger partial charge on any atom is 0.256 e. The Morgan fingerprint density at radius 1 is 1.17 bits per heavy atom. The van der Waals surface area contributed by atoms with Crippen molar-refractivity contribution >= 4 is 16.9 Å². The van der Waals surface area contributed by atoms with Crippen LogP contribution in [-0.4, -0.2) is 39.0 Å². The molecule has 0 radical (unpaired) electrons. The Labute approximate surface area is 175 Å². The lowest BCUT2D eigenvalue weighted by Crippen LogP contribution is -2.32. The summed E-state index contributed by atoms with van der Waals surface area (Å²) in [6, 6.07) is 8.38. The number of hydrogen-bond donors (Lipinski definition) is 2. The summed E-state index contributed by atoms with van der Waals surface area (Å²) in [7, 11) is 1.55. The van der Waals surface area contributed by atoms with E-state index < -0.39 is 5.60 Å². The molecule has 1 aliphatic rings. The van der Waals surface area contributed by atoms with Crippen LogP contribution in [0.4, 0.5) is 0 Å². The van der Waals surface area contributed by atoms with Gasteiger partial charge in [-0.05, 0) is 67.2 Å². The third kappa shape index (κ3) is 5.54. The number of amides is 1. The van der Waals surface area contributed by atoms with Crippen LogP contribution in [0.2, 0.25) is 0 Å². The fourth-order valence-electron chi connectivity index (χ4n) is 3.53. The number of carbonyl (C=O) groups excluding carboxylic acids is 1. The van der Waals surface area contributed by atoms with E-state index in [0.717, 1.165) is 0 Å². The number of ether oxygens (including phenoxy) is 1. The Kier molecular flexibility index (Phi) is 6.99. The second-order valence-corrected chi connectivity index (χ2v) is 7.94. The van der Waals surface area contributed by atoms with E-state index in [1.807, 2.05) is 13.8 Å². The number of benzene rings is 1. The van der Waals surface area contributed by atoms with Crippen LogP contribution in [0.15, 0.2) is 41.2 Å². The van der Waals surface area contributed by atoms with E-state index in [2.05, 4.69) is 25.2 Å². The number of hydrogen-bond acceptors (Lipinski definition) is 7. The third-order valence-corrected chi connectivity index (χ3v) is 5.29. The molecule has 2 N–H and O–H groups in total. The molecule has 1 fully saturated rings. The van der Waals surface area contributed by atoms with Gasteiger partial charge in [0.25, 0.3) is 5.91 Å². The molecule has 1 saturated carbocycles. The molecule has 3 aromatic rings. The summed E-state index contributed by atoms with van der Waals surface area (Å²) in [6.07, 6.45) is 8.00. The Bertz CT molecular complexity index is 974. The Balaban J connectivity index is 0.000000216. The maximum absolute atomic E-state index is 11.7. The predicted octanol–water partition coefficient (Wildman–Crippen LogP) is 4.11. The Hall–Kier alpha value is -3.00. The zero-order valence-electron chi connectivity index (χ0n) is 17.6. The van der Waals surface area contributed by atoms with Gasteiger partial charge in [0.05, 0.1) is 5.60 Å². The molecule has 4 rings (SSSR count). The molecule has 0 unspecified atom stereocenters. The molecule has 0 spiro atoms. The number of pyridine rings is 1. The second-order valence-electron chi connectivity index (χ2n) is 7.94. The van der Waals surface area contributed by atoms with E-state index in [9.17, 15) is 9.90 Å². The lowest BCUT2D eigenvalue weighted by molar-refractivity contribution is 0.000830. The minimum atomic E-state index is -0.430. The highest BCUT2D eigenvalue weighted by Crippen LogP contribution is 2.31. The van der Waals surface area contributed by atoms with Gasteiger partial charge in [0.2, 0.25) is 5.88 Å². The quantitative estimate of drug-likeness (QED) is 0.663. The Morgan fingerprint density at radius 2 is 1.90 bits per heavy atom. The zero-order chi connectivity index (χ0) is 21.6. The van der Waals surface area contributed by atoms with Gasteiger partial charge in [0, 0.05) is 19.3 Å². The molecular formula is C22H28N4O4. The average molecular weight is 412 g/mol. The highest BCUT2D eigenvalue weighted by atomic mass is 16.6. The van der Waals surface area contributed by atoms with Crippen LogP contribution in [0.3, 0.4) is 0 Å². The number of rotatable bonds is 4. The fraction of sp³-hybridized carbons (Fsp3) is 0.455. The fourth-order valence-corrected chi connectivity index (χ4v) is 3.53. The predicted molar refractivity (Wildman–Crippen MR) is 112 cm³/mol. The van der Waals surface area contributed by atoms with E-state index in [0.29, 0.717) is 28.3 Å². The molecule has 2 heterocycles. The van der Waals surface area contributed by atoms with Gasteiger partial charge in [-0.1, -0.05) is 19.3 Å². The third-order valence-electron chi connectivity index (χ3n) is 5.29. The van der Waals surface area contributed by atoms with Crippen LogP contribution in [0.1, 0.15) is 56.3 Å². The van der Waals surface area contributed by atoms with Crippen molar-refractivity contribution in [1.29, 1.82) is 0 Å². The van der Waals surface area contributed by atoms with Crippen molar-refractivity contribution < 1.29 is 19.3 Å². The van der Waals surface area contributed by atoms with E-state index in [1.165, 1.54) is 32.1 Å². The SMILES string of the molecule is CC(C)(O)C1CCCCC1.CNC(=O)c1cccnc1Oc1ccc2nonc2c1. The number of fused-ring (bicyclic) bond motifs is 1. The van der Waals surface area contributed by atoms with Crippen molar-refractivity contribution in [3.63, 3.8) is 0 Å². The number of nitrogens with one attached hydrogen (secondary N) is 1. The summed E-state index contributed by atoms with van der Waals surface area (Å²) < 4.78 is 10.2. The molecule has 1 amide bonds. The minimum Gasteiger partial charge on any atom is -0.438 e. The first-order chi connectivity index (χ1) is 14.4. The molecular weight excluding hydrogens is 384 g/mol. The van der Waals surface area contributed by atoms with Gasteiger partial charge >= 0.3 is 0 Å². The summed E-state index contributed by atoms with van der Waals surface area (Å²) in [5, 5.41) is 19.6. The highest BCUT2D eigenvalue weighted by molar-refractivity contribution is 5.96. The number of nitrogens with zero attached hydrogens (tertiary/aromatic N) is 3. The van der Waals surface area contributed by atoms with Crippen molar-refractivity contribution in [1.82, 2.24) is 20.6 Å². The van der Waals surface area contributed by atoms with Crippen LogP contribution in [0.5, 0.6) is 11.6 Å². The molecule has 0 saturated heterocycles. The standard InChI is InChI=1S/C13H10N4O3.C9H18O/c1-14-12(18)9-3-2-6-15-13(9)19-8-4-5-10-11(7-8)17-20-16-10;1-9(2,10)8-6-4-3-5-7-8/h2-7H,1H3,(H,14,18);8,10H,3-7H2,1-2H3. The molecule has 8 heteroatoms. The summed E-state index contributed by atoms with van der Waals surface area (Å²) in [4.78, 5) is 15.8. The van der Waals surface area contributed by atoms with Crippen LogP contribution in [0.25, 0.3) is 11.0 Å². The van der Waals surface area contributed by atoms with E-state index >= 15 is 0 Å². The molecule has 30 heavy (non-hydrogen) atoms. The second kappa shape index (κ2) is 9.67. The molecule has 8 nitrogen and oxygen atoms in total. The zero-order valence-corrected chi connectivity index (χ0v) is 17.6.